The lowest BCUT2D eigenvalue weighted by Gasteiger charge is -2.24. The summed E-state index contributed by atoms with van der Waals surface area (Å²) in [6.45, 7) is 4.73. The van der Waals surface area contributed by atoms with Crippen LogP contribution in [0.4, 0.5) is 0 Å². The monoisotopic (exact) mass is 414 g/mol. The summed E-state index contributed by atoms with van der Waals surface area (Å²) in [5.74, 6) is 0.347. The largest absolute Gasteiger partial charge is 0.497 e. The van der Waals surface area contributed by atoms with Gasteiger partial charge in [-0.25, -0.2) is 4.79 Å². The van der Waals surface area contributed by atoms with Gasteiger partial charge in [0.2, 0.25) is 5.91 Å². The number of ether oxygens (including phenoxy) is 1. The van der Waals surface area contributed by atoms with Crippen molar-refractivity contribution < 1.29 is 19.4 Å². The molecule has 0 saturated heterocycles. The van der Waals surface area contributed by atoms with Crippen molar-refractivity contribution in [2.24, 2.45) is 11.7 Å². The number of hydrogen-bond acceptors (Lipinski definition) is 3. The first-order valence-corrected chi connectivity index (χ1v) is 10.7. The normalized spacial score (nSPS) is 14.0. The highest BCUT2D eigenvalue weighted by molar-refractivity contribution is 5.91. The molecular weight excluding hydrogens is 380 g/mol. The SMILES string of the molecule is CCCC(N)=O.COc1cccc(-c2cc(C(=O)O)c(C)n2CC2CCCCC2)c1. The van der Waals surface area contributed by atoms with E-state index in [1.165, 1.54) is 32.1 Å². The summed E-state index contributed by atoms with van der Waals surface area (Å²) in [4.78, 5) is 21.4. The second kappa shape index (κ2) is 11.4. The predicted molar refractivity (Wildman–Crippen MR) is 119 cm³/mol. The van der Waals surface area contributed by atoms with Gasteiger partial charge >= 0.3 is 5.97 Å². The number of aromatic nitrogens is 1. The molecule has 3 N–H and O–H groups in total. The number of benzene rings is 1. The Bertz CT molecular complexity index is 851. The number of nitrogens with zero attached hydrogens (tertiary/aromatic N) is 1. The number of aromatic carboxylic acids is 1. The van der Waals surface area contributed by atoms with E-state index in [0.717, 1.165) is 35.7 Å². The lowest BCUT2D eigenvalue weighted by Crippen LogP contribution is -2.16. The lowest BCUT2D eigenvalue weighted by molar-refractivity contribution is -0.118. The molecule has 0 atom stereocenters. The molecule has 3 rings (SSSR count). The van der Waals surface area contributed by atoms with E-state index in [0.29, 0.717) is 17.9 Å². The van der Waals surface area contributed by atoms with Crippen molar-refractivity contribution in [3.05, 3.63) is 41.6 Å². The van der Waals surface area contributed by atoms with Crippen molar-refractivity contribution in [2.45, 2.75) is 65.3 Å². The number of carboxylic acid groups (broad SMARTS) is 1. The third-order valence-corrected chi connectivity index (χ3v) is 5.62. The average molecular weight is 415 g/mol. The third-order valence-electron chi connectivity index (χ3n) is 5.62. The maximum atomic E-state index is 11.6. The maximum Gasteiger partial charge on any atom is 0.337 e. The molecular formula is C24H34N2O4. The topological polar surface area (TPSA) is 94.6 Å². The summed E-state index contributed by atoms with van der Waals surface area (Å²) < 4.78 is 7.51. The van der Waals surface area contributed by atoms with Crippen molar-refractivity contribution in [1.29, 1.82) is 0 Å². The number of primary amides is 1. The average Bonchev–Trinajstić information content (AvgIpc) is 3.06. The molecule has 0 spiro atoms. The number of nitrogens with two attached hydrogens (primary N) is 1. The molecule has 0 unspecified atom stereocenters. The first-order chi connectivity index (χ1) is 14.4. The molecule has 1 saturated carbocycles. The van der Waals surface area contributed by atoms with Gasteiger partial charge in [-0.3, -0.25) is 4.79 Å². The van der Waals surface area contributed by atoms with Crippen LogP contribution in [0.5, 0.6) is 5.75 Å². The number of carbonyl (C=O) groups excluding carboxylic acids is 1. The summed E-state index contributed by atoms with van der Waals surface area (Å²) in [7, 11) is 1.65. The summed E-state index contributed by atoms with van der Waals surface area (Å²) >= 11 is 0. The van der Waals surface area contributed by atoms with Crippen LogP contribution >= 0.6 is 0 Å². The number of rotatable bonds is 7. The Kier molecular flexibility index (Phi) is 8.96. The Balaban J connectivity index is 0.000000469. The molecule has 0 aliphatic heterocycles. The smallest absolute Gasteiger partial charge is 0.337 e. The fourth-order valence-electron chi connectivity index (χ4n) is 3.99. The van der Waals surface area contributed by atoms with Crippen LogP contribution in [0.3, 0.4) is 0 Å². The molecule has 0 bridgehead atoms. The van der Waals surface area contributed by atoms with E-state index in [4.69, 9.17) is 10.5 Å². The molecule has 1 aromatic carbocycles. The van der Waals surface area contributed by atoms with Crippen LogP contribution in [0.1, 0.15) is 67.9 Å². The minimum Gasteiger partial charge on any atom is -0.497 e. The maximum absolute atomic E-state index is 11.6. The quantitative estimate of drug-likeness (QED) is 0.665. The highest BCUT2D eigenvalue weighted by atomic mass is 16.5. The molecule has 1 heterocycles. The van der Waals surface area contributed by atoms with Gasteiger partial charge in [0, 0.05) is 29.9 Å². The summed E-state index contributed by atoms with van der Waals surface area (Å²) in [6, 6.07) is 9.64. The van der Waals surface area contributed by atoms with Crippen LogP contribution in [-0.4, -0.2) is 28.7 Å². The Morgan fingerprint density at radius 1 is 1.20 bits per heavy atom. The molecule has 164 valence electrons. The highest BCUT2D eigenvalue weighted by Crippen LogP contribution is 2.32. The van der Waals surface area contributed by atoms with Crippen LogP contribution in [0, 0.1) is 12.8 Å². The third kappa shape index (κ3) is 6.37. The van der Waals surface area contributed by atoms with Crippen molar-refractivity contribution in [2.75, 3.05) is 7.11 Å². The van der Waals surface area contributed by atoms with Crippen molar-refractivity contribution in [3.8, 4) is 17.0 Å². The molecule has 6 nitrogen and oxygen atoms in total. The van der Waals surface area contributed by atoms with Gasteiger partial charge in [0.15, 0.2) is 0 Å². The van der Waals surface area contributed by atoms with Crippen LogP contribution in [0.15, 0.2) is 30.3 Å². The van der Waals surface area contributed by atoms with Gasteiger partial charge in [0.05, 0.1) is 12.7 Å². The number of carbonyl (C=O) groups is 2. The first kappa shape index (κ1) is 23.5. The van der Waals surface area contributed by atoms with E-state index < -0.39 is 5.97 Å². The number of carboxylic acids is 1. The molecule has 1 aromatic heterocycles. The lowest BCUT2D eigenvalue weighted by atomic mass is 9.89. The Morgan fingerprint density at radius 3 is 2.43 bits per heavy atom. The van der Waals surface area contributed by atoms with Gasteiger partial charge in [-0.05, 0) is 50.3 Å². The van der Waals surface area contributed by atoms with Gasteiger partial charge < -0.3 is 20.1 Å². The summed E-state index contributed by atoms with van der Waals surface area (Å²) in [6.07, 6.45) is 7.73. The van der Waals surface area contributed by atoms with E-state index in [1.54, 1.807) is 13.2 Å². The van der Waals surface area contributed by atoms with E-state index >= 15 is 0 Å². The fourth-order valence-corrected chi connectivity index (χ4v) is 3.99. The van der Waals surface area contributed by atoms with Gasteiger partial charge in [0.25, 0.3) is 0 Å². The van der Waals surface area contributed by atoms with Crippen molar-refractivity contribution in [1.82, 2.24) is 4.57 Å². The van der Waals surface area contributed by atoms with Crippen molar-refractivity contribution in [3.63, 3.8) is 0 Å². The second-order valence-electron chi connectivity index (χ2n) is 7.90. The molecule has 30 heavy (non-hydrogen) atoms. The van der Waals surface area contributed by atoms with Gasteiger partial charge in [0.1, 0.15) is 5.75 Å². The van der Waals surface area contributed by atoms with E-state index in [-0.39, 0.29) is 5.91 Å². The number of amides is 1. The van der Waals surface area contributed by atoms with Crippen LogP contribution in [0.25, 0.3) is 11.3 Å². The van der Waals surface area contributed by atoms with Gasteiger partial charge in [-0.1, -0.05) is 38.3 Å². The highest BCUT2D eigenvalue weighted by Gasteiger charge is 2.21. The molecule has 6 heteroatoms. The van der Waals surface area contributed by atoms with Crippen LogP contribution < -0.4 is 10.5 Å². The summed E-state index contributed by atoms with van der Waals surface area (Å²) in [5.41, 5.74) is 7.96. The van der Waals surface area contributed by atoms with Gasteiger partial charge in [-0.2, -0.15) is 0 Å². The minimum atomic E-state index is -0.862. The van der Waals surface area contributed by atoms with Crippen LogP contribution in [-0.2, 0) is 11.3 Å². The van der Waals surface area contributed by atoms with Crippen molar-refractivity contribution >= 4 is 11.9 Å². The molecule has 2 aromatic rings. The summed E-state index contributed by atoms with van der Waals surface area (Å²) in [5, 5.41) is 9.52. The zero-order chi connectivity index (χ0) is 22.1. The molecule has 1 amide bonds. The second-order valence-corrected chi connectivity index (χ2v) is 7.90. The minimum absolute atomic E-state index is 0.211. The zero-order valence-corrected chi connectivity index (χ0v) is 18.3. The zero-order valence-electron chi connectivity index (χ0n) is 18.3. The van der Waals surface area contributed by atoms with Crippen LogP contribution in [0.2, 0.25) is 0 Å². The van der Waals surface area contributed by atoms with E-state index in [1.807, 2.05) is 38.1 Å². The van der Waals surface area contributed by atoms with E-state index in [2.05, 4.69) is 4.57 Å². The molecule has 1 fully saturated rings. The molecule has 0 radical (unpaired) electrons. The fraction of sp³-hybridized carbons (Fsp3) is 0.500. The number of hydrogen-bond donors (Lipinski definition) is 2. The van der Waals surface area contributed by atoms with E-state index in [9.17, 15) is 14.7 Å². The Hall–Kier alpha value is -2.76. The Morgan fingerprint density at radius 2 is 1.90 bits per heavy atom. The Labute approximate surface area is 179 Å². The van der Waals surface area contributed by atoms with Gasteiger partial charge in [-0.15, -0.1) is 0 Å². The standard InChI is InChI=1S/C20H25NO3.C4H9NO/c1-14-18(20(22)23)12-19(16-9-6-10-17(11-16)24-2)21(14)13-15-7-4-3-5-8-15;1-2-3-4(5)6/h6,9-12,15H,3-5,7-8,13H2,1-2H3,(H,22,23);2-3H2,1H3,(H2,5,6). The first-order valence-electron chi connectivity index (χ1n) is 10.7. The predicted octanol–water partition coefficient (Wildman–Crippen LogP) is 5.02. The molecule has 1 aliphatic carbocycles. The number of methoxy groups -OCH3 is 1. The molecule has 1 aliphatic rings.